The molecule has 0 spiro atoms. The van der Waals surface area contributed by atoms with Crippen LogP contribution in [0.15, 0.2) is 47.5 Å². The number of benzene rings is 2. The summed E-state index contributed by atoms with van der Waals surface area (Å²) in [6.45, 7) is 2.17. The number of ether oxygens (including phenoxy) is 2. The summed E-state index contributed by atoms with van der Waals surface area (Å²) in [6, 6.07) is 12.3. The molecule has 0 bridgehead atoms. The lowest BCUT2D eigenvalue weighted by atomic mass is 10.1. The van der Waals surface area contributed by atoms with Crippen molar-refractivity contribution in [1.82, 2.24) is 5.43 Å². The lowest BCUT2D eigenvalue weighted by molar-refractivity contribution is -0.144. The first-order chi connectivity index (χ1) is 14.1. The Hall–Kier alpha value is -3.39. The molecule has 1 aliphatic rings. The van der Waals surface area contributed by atoms with Crippen LogP contribution in [0.25, 0.3) is 0 Å². The van der Waals surface area contributed by atoms with E-state index in [9.17, 15) is 9.59 Å². The number of anilines is 1. The fourth-order valence-electron chi connectivity index (χ4n) is 3.19. The molecule has 1 aliphatic carbocycles. The smallest absolute Gasteiger partial charge is 0.309 e. The molecule has 1 fully saturated rings. The van der Waals surface area contributed by atoms with Gasteiger partial charge in [-0.15, -0.1) is 0 Å². The standard InChI is InChI=1S/C21H24N4O4/c1-3-29-21(27)18-11-17(18)16-8-7-15(10-19(16)28-2)25-20(26)13-5-4-6-14(9-13)23-12-24-22/h4-10,12,17-18H,3,11,22H2,1-2H3,(H,23,24)(H,25,26). The number of hydrogen-bond donors (Lipinski definition) is 3. The van der Waals surface area contributed by atoms with Crippen molar-refractivity contribution in [3.63, 3.8) is 0 Å². The summed E-state index contributed by atoms with van der Waals surface area (Å²) < 4.78 is 10.6. The number of carbonyl (C=O) groups is 2. The number of nitrogens with two attached hydrogens (primary N) is 1. The number of hydrazine groups is 1. The number of amides is 1. The minimum absolute atomic E-state index is 0.0828. The second-order valence-electron chi connectivity index (χ2n) is 6.59. The molecule has 2 atom stereocenters. The Morgan fingerprint density at radius 3 is 2.83 bits per heavy atom. The van der Waals surface area contributed by atoms with Crippen LogP contribution >= 0.6 is 0 Å². The van der Waals surface area contributed by atoms with E-state index in [0.29, 0.717) is 29.3 Å². The minimum Gasteiger partial charge on any atom is -0.496 e. The zero-order valence-corrected chi connectivity index (χ0v) is 16.3. The molecule has 0 aliphatic heterocycles. The fraction of sp³-hybridized carbons (Fsp3) is 0.286. The highest BCUT2D eigenvalue weighted by Crippen LogP contribution is 2.51. The number of esters is 1. The monoisotopic (exact) mass is 396 g/mol. The van der Waals surface area contributed by atoms with Crippen molar-refractivity contribution in [3.05, 3.63) is 53.6 Å². The third-order valence-corrected chi connectivity index (χ3v) is 4.67. The Morgan fingerprint density at radius 1 is 1.28 bits per heavy atom. The molecule has 1 amide bonds. The van der Waals surface area contributed by atoms with Gasteiger partial charge in [-0.05, 0) is 43.2 Å². The van der Waals surface area contributed by atoms with Gasteiger partial charge in [0.1, 0.15) is 12.1 Å². The number of nitrogens with zero attached hydrogens (tertiary/aromatic N) is 1. The molecule has 0 heterocycles. The van der Waals surface area contributed by atoms with Gasteiger partial charge < -0.3 is 20.2 Å². The number of carbonyl (C=O) groups excluding carboxylic acids is 2. The van der Waals surface area contributed by atoms with E-state index >= 15 is 0 Å². The number of aliphatic imine (C=N–C) groups is 1. The van der Waals surface area contributed by atoms with E-state index in [0.717, 1.165) is 12.0 Å². The van der Waals surface area contributed by atoms with Gasteiger partial charge in [0.25, 0.3) is 5.91 Å². The maximum absolute atomic E-state index is 12.6. The molecule has 1 saturated carbocycles. The topological polar surface area (TPSA) is 115 Å². The van der Waals surface area contributed by atoms with Gasteiger partial charge in [0.15, 0.2) is 0 Å². The number of rotatable bonds is 8. The quantitative estimate of drug-likeness (QED) is 0.208. The number of methoxy groups -OCH3 is 1. The molecular formula is C21H24N4O4. The fourth-order valence-corrected chi connectivity index (χ4v) is 3.19. The van der Waals surface area contributed by atoms with Gasteiger partial charge in [0.2, 0.25) is 0 Å². The first kappa shape index (κ1) is 20.3. The van der Waals surface area contributed by atoms with Gasteiger partial charge >= 0.3 is 5.97 Å². The van der Waals surface area contributed by atoms with Gasteiger partial charge in [-0.3, -0.25) is 9.59 Å². The SMILES string of the molecule is CCOC(=O)C1CC1c1ccc(NC(=O)c2cccc(N=CNN)c2)cc1OC. The van der Waals surface area contributed by atoms with Crippen molar-refractivity contribution in [2.24, 2.45) is 16.8 Å². The molecule has 2 aromatic carbocycles. The Balaban J connectivity index is 1.72. The summed E-state index contributed by atoms with van der Waals surface area (Å²) in [5.74, 6) is 5.30. The molecule has 8 nitrogen and oxygen atoms in total. The lowest BCUT2D eigenvalue weighted by Crippen LogP contribution is -2.18. The summed E-state index contributed by atoms with van der Waals surface area (Å²) in [5, 5.41) is 2.85. The Labute approximate surface area is 169 Å². The van der Waals surface area contributed by atoms with E-state index in [4.69, 9.17) is 15.3 Å². The Morgan fingerprint density at radius 2 is 2.10 bits per heavy atom. The zero-order chi connectivity index (χ0) is 20.8. The van der Waals surface area contributed by atoms with E-state index in [2.05, 4.69) is 15.7 Å². The van der Waals surface area contributed by atoms with Crippen LogP contribution in [0.3, 0.4) is 0 Å². The molecule has 0 aromatic heterocycles. The minimum atomic E-state index is -0.270. The average molecular weight is 396 g/mol. The summed E-state index contributed by atoms with van der Waals surface area (Å²) in [4.78, 5) is 28.6. The van der Waals surface area contributed by atoms with Crippen LogP contribution < -0.4 is 21.3 Å². The molecule has 152 valence electrons. The van der Waals surface area contributed by atoms with E-state index in [1.165, 1.54) is 6.34 Å². The van der Waals surface area contributed by atoms with Crippen molar-refractivity contribution in [3.8, 4) is 5.75 Å². The Bertz CT molecular complexity index is 929. The van der Waals surface area contributed by atoms with Crippen molar-refractivity contribution in [2.45, 2.75) is 19.3 Å². The van der Waals surface area contributed by atoms with Crippen LogP contribution in [0.2, 0.25) is 0 Å². The van der Waals surface area contributed by atoms with Gasteiger partial charge in [0.05, 0.1) is 25.3 Å². The normalized spacial score (nSPS) is 17.6. The lowest BCUT2D eigenvalue weighted by Gasteiger charge is -2.12. The van der Waals surface area contributed by atoms with Gasteiger partial charge in [0, 0.05) is 23.2 Å². The zero-order valence-electron chi connectivity index (χ0n) is 16.3. The van der Waals surface area contributed by atoms with Crippen LogP contribution in [0.4, 0.5) is 11.4 Å². The predicted molar refractivity (Wildman–Crippen MR) is 110 cm³/mol. The van der Waals surface area contributed by atoms with E-state index in [-0.39, 0.29) is 23.7 Å². The maximum Gasteiger partial charge on any atom is 0.309 e. The largest absolute Gasteiger partial charge is 0.496 e. The van der Waals surface area contributed by atoms with Gasteiger partial charge in [-0.2, -0.15) is 0 Å². The summed E-state index contributed by atoms with van der Waals surface area (Å²) in [7, 11) is 1.57. The van der Waals surface area contributed by atoms with Crippen LogP contribution in [0.1, 0.15) is 35.2 Å². The first-order valence-corrected chi connectivity index (χ1v) is 9.32. The molecular weight excluding hydrogens is 372 g/mol. The molecule has 3 rings (SSSR count). The first-order valence-electron chi connectivity index (χ1n) is 9.32. The van der Waals surface area contributed by atoms with Crippen LogP contribution in [0, 0.1) is 5.92 Å². The molecule has 0 saturated heterocycles. The van der Waals surface area contributed by atoms with Crippen molar-refractivity contribution >= 4 is 29.6 Å². The second-order valence-corrected chi connectivity index (χ2v) is 6.59. The van der Waals surface area contributed by atoms with Gasteiger partial charge in [-0.25, -0.2) is 10.8 Å². The van der Waals surface area contributed by atoms with Crippen LogP contribution in [0.5, 0.6) is 5.75 Å². The molecule has 29 heavy (non-hydrogen) atoms. The third kappa shape index (κ3) is 4.91. The highest BCUT2D eigenvalue weighted by molar-refractivity contribution is 6.04. The van der Waals surface area contributed by atoms with E-state index in [1.807, 2.05) is 6.07 Å². The maximum atomic E-state index is 12.6. The van der Waals surface area contributed by atoms with E-state index in [1.54, 1.807) is 50.4 Å². The van der Waals surface area contributed by atoms with Crippen molar-refractivity contribution < 1.29 is 19.1 Å². The average Bonchev–Trinajstić information content (AvgIpc) is 3.53. The number of hydrogen-bond acceptors (Lipinski definition) is 6. The molecule has 4 N–H and O–H groups in total. The van der Waals surface area contributed by atoms with Crippen LogP contribution in [-0.2, 0) is 9.53 Å². The molecule has 0 radical (unpaired) electrons. The van der Waals surface area contributed by atoms with Gasteiger partial charge in [-0.1, -0.05) is 12.1 Å². The highest BCUT2D eigenvalue weighted by atomic mass is 16.5. The van der Waals surface area contributed by atoms with Crippen molar-refractivity contribution in [1.29, 1.82) is 0 Å². The summed E-state index contributed by atoms with van der Waals surface area (Å²) in [5.41, 5.74) is 4.92. The van der Waals surface area contributed by atoms with E-state index < -0.39 is 0 Å². The molecule has 2 unspecified atom stereocenters. The summed E-state index contributed by atoms with van der Waals surface area (Å²) in [6.07, 6.45) is 2.08. The summed E-state index contributed by atoms with van der Waals surface area (Å²) >= 11 is 0. The molecule has 2 aromatic rings. The highest BCUT2D eigenvalue weighted by Gasteiger charge is 2.46. The predicted octanol–water partition coefficient (Wildman–Crippen LogP) is 2.74. The second kappa shape index (κ2) is 9.20. The third-order valence-electron chi connectivity index (χ3n) is 4.67. The van der Waals surface area contributed by atoms with Crippen LogP contribution in [-0.4, -0.2) is 31.9 Å². The Kier molecular flexibility index (Phi) is 6.46. The molecule has 8 heteroatoms. The van der Waals surface area contributed by atoms with Crippen molar-refractivity contribution in [2.75, 3.05) is 19.0 Å². The number of nitrogens with one attached hydrogen (secondary N) is 2.